The number of nitro benzene ring substituents is 1. The minimum absolute atomic E-state index is 0.0511. The van der Waals surface area contributed by atoms with E-state index in [2.05, 4.69) is 0 Å². The number of carboxylic acids is 1. The lowest BCUT2D eigenvalue weighted by atomic mass is 10.1. The third-order valence-corrected chi connectivity index (χ3v) is 5.89. The minimum Gasteiger partial charge on any atom is -0.482 e. The van der Waals surface area contributed by atoms with E-state index in [0.717, 1.165) is 11.6 Å². The largest absolute Gasteiger partial charge is 0.482 e. The van der Waals surface area contributed by atoms with Crippen molar-refractivity contribution in [3.8, 4) is 17.2 Å². The van der Waals surface area contributed by atoms with Crippen LogP contribution in [0.1, 0.15) is 16.7 Å². The Bertz CT molecular complexity index is 1490. The summed E-state index contributed by atoms with van der Waals surface area (Å²) in [7, 11) is 0. The average molecular weight is 535 g/mol. The Morgan fingerprint density at radius 2 is 1.64 bits per heavy atom. The average Bonchev–Trinajstić information content (AvgIpc) is 2.90. The molecule has 4 aromatic carbocycles. The molecule has 39 heavy (non-hydrogen) atoms. The van der Waals surface area contributed by atoms with Crippen molar-refractivity contribution in [3.63, 3.8) is 0 Å². The summed E-state index contributed by atoms with van der Waals surface area (Å²) in [5.74, 6) is -1.18. The van der Waals surface area contributed by atoms with Gasteiger partial charge in [0.1, 0.15) is 28.9 Å². The predicted octanol–water partition coefficient (Wildman–Crippen LogP) is 6.64. The summed E-state index contributed by atoms with van der Waals surface area (Å²) in [5, 5.41) is 20.3. The number of aliphatic carboxylic acids is 1. The van der Waals surface area contributed by atoms with Crippen molar-refractivity contribution >= 4 is 17.3 Å². The molecule has 0 unspecified atom stereocenters. The zero-order valence-electron chi connectivity index (χ0n) is 20.8. The molecule has 0 fully saturated rings. The highest BCUT2D eigenvalue weighted by atomic mass is 19.1. The van der Waals surface area contributed by atoms with Gasteiger partial charge in [0.2, 0.25) is 0 Å². The van der Waals surface area contributed by atoms with Gasteiger partial charge in [-0.3, -0.25) is 10.1 Å². The molecule has 8 nitrogen and oxygen atoms in total. The fraction of sp³-hybridized carbons (Fsp3) is 0.138. The number of benzene rings is 4. The number of halogens is 2. The topological polar surface area (TPSA) is 102 Å². The number of ether oxygens (including phenoxy) is 2. The van der Waals surface area contributed by atoms with Crippen LogP contribution in [0.2, 0.25) is 0 Å². The molecular weight excluding hydrogens is 510 g/mol. The number of carboxylic acid groups (broad SMARTS) is 1. The second-order valence-corrected chi connectivity index (χ2v) is 8.67. The van der Waals surface area contributed by atoms with Crippen molar-refractivity contribution in [2.45, 2.75) is 20.0 Å². The third kappa shape index (κ3) is 7.07. The first-order valence-electron chi connectivity index (χ1n) is 11.8. The number of hydrogen-bond donors (Lipinski definition) is 1. The summed E-state index contributed by atoms with van der Waals surface area (Å²) in [4.78, 5) is 23.6. The van der Waals surface area contributed by atoms with Gasteiger partial charge in [-0.15, -0.1) is 0 Å². The van der Waals surface area contributed by atoms with Crippen molar-refractivity contribution in [2.75, 3.05) is 11.5 Å². The Morgan fingerprint density at radius 1 is 0.923 bits per heavy atom. The van der Waals surface area contributed by atoms with E-state index < -0.39 is 29.1 Å². The van der Waals surface area contributed by atoms with Gasteiger partial charge >= 0.3 is 5.97 Å². The zero-order valence-corrected chi connectivity index (χ0v) is 20.8. The van der Waals surface area contributed by atoms with E-state index in [1.165, 1.54) is 18.2 Å². The Labute approximate surface area is 222 Å². The van der Waals surface area contributed by atoms with Crippen LogP contribution in [0, 0.1) is 28.7 Å². The molecule has 0 bridgehead atoms. The highest BCUT2D eigenvalue weighted by Crippen LogP contribution is 2.32. The number of anilines is 1. The van der Waals surface area contributed by atoms with E-state index >= 15 is 0 Å². The van der Waals surface area contributed by atoms with Crippen LogP contribution >= 0.6 is 0 Å². The molecule has 0 aliphatic carbocycles. The monoisotopic (exact) mass is 534 g/mol. The second kappa shape index (κ2) is 12.0. The smallest absolute Gasteiger partial charge is 0.341 e. The van der Waals surface area contributed by atoms with Crippen molar-refractivity contribution < 1.29 is 33.1 Å². The standard InChI is InChI=1S/C29H24F2N2O6/c1-19-27(6-3-7-28(19)33(36)37)32(17-21-10-11-22(30)14-26(21)31)16-20-8-12-23(13-9-20)39-25-5-2-4-24(15-25)38-18-29(34)35/h2-15H,16-18H2,1H3,(H,34,35). The quantitative estimate of drug-likeness (QED) is 0.170. The molecule has 200 valence electrons. The van der Waals surface area contributed by atoms with Gasteiger partial charge in [-0.1, -0.05) is 30.3 Å². The predicted molar refractivity (Wildman–Crippen MR) is 140 cm³/mol. The first-order valence-corrected chi connectivity index (χ1v) is 11.8. The highest BCUT2D eigenvalue weighted by molar-refractivity contribution is 5.68. The van der Waals surface area contributed by atoms with Gasteiger partial charge in [0.05, 0.1) is 10.5 Å². The molecule has 0 spiro atoms. The Morgan fingerprint density at radius 3 is 2.33 bits per heavy atom. The molecule has 0 aliphatic rings. The maximum Gasteiger partial charge on any atom is 0.341 e. The summed E-state index contributed by atoms with van der Waals surface area (Å²) < 4.78 is 39.0. The van der Waals surface area contributed by atoms with Gasteiger partial charge in [-0.2, -0.15) is 0 Å². The number of carbonyl (C=O) groups is 1. The van der Waals surface area contributed by atoms with Crippen LogP contribution in [-0.2, 0) is 17.9 Å². The molecule has 0 saturated carbocycles. The lowest BCUT2D eigenvalue weighted by Gasteiger charge is -2.27. The van der Waals surface area contributed by atoms with Crippen molar-refractivity contribution in [2.24, 2.45) is 0 Å². The van der Waals surface area contributed by atoms with Crippen LogP contribution in [0.25, 0.3) is 0 Å². The summed E-state index contributed by atoms with van der Waals surface area (Å²) in [6, 6.07) is 21.7. The molecule has 0 radical (unpaired) electrons. The highest BCUT2D eigenvalue weighted by Gasteiger charge is 2.19. The summed E-state index contributed by atoms with van der Waals surface area (Å²) in [6.07, 6.45) is 0. The van der Waals surface area contributed by atoms with Gasteiger partial charge < -0.3 is 19.5 Å². The minimum atomic E-state index is -1.09. The lowest BCUT2D eigenvalue weighted by molar-refractivity contribution is -0.385. The van der Waals surface area contributed by atoms with E-state index in [1.54, 1.807) is 72.5 Å². The van der Waals surface area contributed by atoms with Crippen LogP contribution < -0.4 is 14.4 Å². The van der Waals surface area contributed by atoms with Crippen molar-refractivity contribution in [3.05, 3.63) is 123 Å². The maximum atomic E-state index is 14.5. The molecule has 0 saturated heterocycles. The molecule has 10 heteroatoms. The summed E-state index contributed by atoms with van der Waals surface area (Å²) in [5.41, 5.74) is 1.97. The molecule has 4 rings (SSSR count). The second-order valence-electron chi connectivity index (χ2n) is 8.67. The molecule has 0 amide bonds. The number of nitrogens with zero attached hydrogens (tertiary/aromatic N) is 2. The van der Waals surface area contributed by atoms with Gasteiger partial charge in [0.25, 0.3) is 5.69 Å². The van der Waals surface area contributed by atoms with Crippen molar-refractivity contribution in [1.82, 2.24) is 0 Å². The zero-order chi connectivity index (χ0) is 27.9. The molecular formula is C29H24F2N2O6. The maximum absolute atomic E-state index is 14.5. The molecule has 1 N–H and O–H groups in total. The lowest BCUT2D eigenvalue weighted by Crippen LogP contribution is -2.24. The first-order chi connectivity index (χ1) is 18.7. The molecule has 0 atom stereocenters. The van der Waals surface area contributed by atoms with E-state index in [1.807, 2.05) is 0 Å². The van der Waals surface area contributed by atoms with E-state index in [9.17, 15) is 23.7 Å². The van der Waals surface area contributed by atoms with Crippen molar-refractivity contribution in [1.29, 1.82) is 0 Å². The normalized spacial score (nSPS) is 10.6. The molecule has 0 heterocycles. The SMILES string of the molecule is Cc1c(N(Cc2ccc(Oc3cccc(OCC(=O)O)c3)cc2)Cc2ccc(F)cc2F)cccc1[N+](=O)[O-]. The van der Waals surface area contributed by atoms with Gasteiger partial charge in [-0.25, -0.2) is 13.6 Å². The van der Waals surface area contributed by atoms with Crippen LogP contribution in [0.5, 0.6) is 17.2 Å². The molecule has 4 aromatic rings. The number of rotatable bonds is 11. The van der Waals surface area contributed by atoms with Crippen LogP contribution in [0.4, 0.5) is 20.2 Å². The molecule has 0 aliphatic heterocycles. The summed E-state index contributed by atoms with van der Waals surface area (Å²) >= 11 is 0. The van der Waals surface area contributed by atoms with Crippen LogP contribution in [0.15, 0.2) is 84.9 Å². The van der Waals surface area contributed by atoms with Gasteiger partial charge in [0.15, 0.2) is 6.61 Å². The Hall–Kier alpha value is -4.99. The fourth-order valence-electron chi connectivity index (χ4n) is 4.03. The van der Waals surface area contributed by atoms with Gasteiger partial charge in [-0.05, 0) is 48.9 Å². The van der Waals surface area contributed by atoms with Crippen LogP contribution in [-0.4, -0.2) is 22.6 Å². The third-order valence-electron chi connectivity index (χ3n) is 5.89. The fourth-order valence-corrected chi connectivity index (χ4v) is 4.03. The Kier molecular flexibility index (Phi) is 8.35. The first kappa shape index (κ1) is 27.1. The Balaban J connectivity index is 1.56. The van der Waals surface area contributed by atoms with E-state index in [4.69, 9.17) is 14.6 Å². The molecule has 0 aromatic heterocycles. The van der Waals surface area contributed by atoms with E-state index in [-0.39, 0.29) is 24.3 Å². The number of hydrogen-bond acceptors (Lipinski definition) is 6. The number of nitro groups is 1. The van der Waals surface area contributed by atoms with Crippen LogP contribution in [0.3, 0.4) is 0 Å². The summed E-state index contributed by atoms with van der Waals surface area (Å²) in [6.45, 7) is 1.49. The van der Waals surface area contributed by atoms with Gasteiger partial charge in [0, 0.05) is 42.5 Å². The van der Waals surface area contributed by atoms with E-state index in [0.29, 0.717) is 28.5 Å².